The second-order valence-electron chi connectivity index (χ2n) is 4.99. The molecule has 0 aliphatic carbocycles. The van der Waals surface area contributed by atoms with Gasteiger partial charge in [0, 0.05) is 9.85 Å². The largest absolute Gasteiger partial charge is 0.0887 e. The lowest BCUT2D eigenvalue weighted by atomic mass is 10.0. The van der Waals surface area contributed by atoms with Crippen LogP contribution in [0.15, 0.2) is 24.3 Å². The normalized spacial score (nSPS) is 12.6. The van der Waals surface area contributed by atoms with Gasteiger partial charge in [-0.15, -0.1) is 0 Å². The van der Waals surface area contributed by atoms with Gasteiger partial charge in [-0.2, -0.15) is 0 Å². The van der Waals surface area contributed by atoms with E-state index >= 15 is 0 Å². The topological polar surface area (TPSA) is 0 Å². The standard InChI is InChI=1S/C16H24BrCl/c1-2-3-4-5-6-7-10-15(17)12-14-9-8-11-16(18)13-14/h8-9,11,13,15H,2-7,10,12H2,1H3. The molecule has 1 rings (SSSR count). The molecule has 102 valence electrons. The third kappa shape index (κ3) is 7.43. The molecule has 0 amide bonds. The highest BCUT2D eigenvalue weighted by atomic mass is 79.9. The van der Waals surface area contributed by atoms with E-state index in [0.717, 1.165) is 11.4 Å². The Hall–Kier alpha value is -0.0100. The van der Waals surface area contributed by atoms with E-state index in [-0.39, 0.29) is 0 Å². The molecule has 18 heavy (non-hydrogen) atoms. The SMILES string of the molecule is CCCCCCCCC(Br)Cc1cccc(Cl)c1. The molecule has 0 nitrogen and oxygen atoms in total. The third-order valence-electron chi connectivity index (χ3n) is 3.22. The zero-order valence-electron chi connectivity index (χ0n) is 11.3. The molecule has 0 spiro atoms. The van der Waals surface area contributed by atoms with Crippen LogP contribution >= 0.6 is 27.5 Å². The van der Waals surface area contributed by atoms with Crippen LogP contribution in [0.5, 0.6) is 0 Å². The van der Waals surface area contributed by atoms with E-state index < -0.39 is 0 Å². The highest BCUT2D eigenvalue weighted by molar-refractivity contribution is 9.09. The van der Waals surface area contributed by atoms with Gasteiger partial charge < -0.3 is 0 Å². The predicted octanol–water partition coefficient (Wildman–Crippen LogP) is 6.40. The Kier molecular flexibility index (Phi) is 8.79. The van der Waals surface area contributed by atoms with E-state index in [1.54, 1.807) is 0 Å². The van der Waals surface area contributed by atoms with Gasteiger partial charge in [-0.1, -0.05) is 85.1 Å². The van der Waals surface area contributed by atoms with Crippen LogP contribution in [0.25, 0.3) is 0 Å². The van der Waals surface area contributed by atoms with E-state index in [0.29, 0.717) is 4.83 Å². The lowest BCUT2D eigenvalue weighted by Gasteiger charge is -2.10. The van der Waals surface area contributed by atoms with Crippen LogP contribution in [0.4, 0.5) is 0 Å². The van der Waals surface area contributed by atoms with Gasteiger partial charge in [-0.25, -0.2) is 0 Å². The number of unbranched alkanes of at least 4 members (excludes halogenated alkanes) is 5. The first kappa shape index (κ1) is 16.0. The summed E-state index contributed by atoms with van der Waals surface area (Å²) in [5, 5.41) is 0.840. The molecule has 0 radical (unpaired) electrons. The lowest BCUT2D eigenvalue weighted by molar-refractivity contribution is 0.583. The maximum Gasteiger partial charge on any atom is 0.0408 e. The van der Waals surface area contributed by atoms with Crippen LogP contribution in [-0.4, -0.2) is 4.83 Å². The molecular weight excluding hydrogens is 308 g/mol. The van der Waals surface area contributed by atoms with Crippen LogP contribution in [0.2, 0.25) is 5.02 Å². The summed E-state index contributed by atoms with van der Waals surface area (Å²) in [4.78, 5) is 0.585. The zero-order valence-corrected chi connectivity index (χ0v) is 13.6. The Labute approximate surface area is 125 Å². The summed E-state index contributed by atoms with van der Waals surface area (Å²) in [5.74, 6) is 0. The van der Waals surface area contributed by atoms with Gasteiger partial charge in [0.15, 0.2) is 0 Å². The van der Waals surface area contributed by atoms with Crippen molar-refractivity contribution < 1.29 is 0 Å². The highest BCUT2D eigenvalue weighted by Crippen LogP contribution is 2.19. The molecule has 0 N–H and O–H groups in total. The number of hydrogen-bond acceptors (Lipinski definition) is 0. The summed E-state index contributed by atoms with van der Waals surface area (Å²) >= 11 is 9.77. The molecule has 0 saturated heterocycles. The van der Waals surface area contributed by atoms with E-state index in [1.165, 1.54) is 50.5 Å². The summed E-state index contributed by atoms with van der Waals surface area (Å²) in [6.45, 7) is 2.26. The van der Waals surface area contributed by atoms with E-state index in [2.05, 4.69) is 35.0 Å². The van der Waals surface area contributed by atoms with Crippen molar-refractivity contribution in [2.75, 3.05) is 0 Å². The summed E-state index contributed by atoms with van der Waals surface area (Å²) in [5.41, 5.74) is 1.33. The van der Waals surface area contributed by atoms with Crippen molar-refractivity contribution >= 4 is 27.5 Å². The molecular formula is C16H24BrCl. The smallest absolute Gasteiger partial charge is 0.0408 e. The molecule has 1 atom stereocenters. The number of benzene rings is 1. The Morgan fingerprint density at radius 2 is 1.83 bits per heavy atom. The fourth-order valence-corrected chi connectivity index (χ4v) is 3.08. The van der Waals surface area contributed by atoms with Gasteiger partial charge in [0.05, 0.1) is 0 Å². The monoisotopic (exact) mass is 330 g/mol. The molecule has 1 aromatic carbocycles. The predicted molar refractivity (Wildman–Crippen MR) is 85.9 cm³/mol. The molecule has 0 aromatic heterocycles. The van der Waals surface area contributed by atoms with E-state index in [4.69, 9.17) is 11.6 Å². The Balaban J connectivity index is 2.12. The molecule has 2 heteroatoms. The fourth-order valence-electron chi connectivity index (χ4n) is 2.17. The van der Waals surface area contributed by atoms with Crippen molar-refractivity contribution in [2.24, 2.45) is 0 Å². The molecule has 0 bridgehead atoms. The van der Waals surface area contributed by atoms with Crippen molar-refractivity contribution in [3.05, 3.63) is 34.9 Å². The van der Waals surface area contributed by atoms with Crippen LogP contribution in [0.1, 0.15) is 57.4 Å². The van der Waals surface area contributed by atoms with Crippen LogP contribution < -0.4 is 0 Å². The Bertz CT molecular complexity index is 325. The van der Waals surface area contributed by atoms with Gasteiger partial charge in [-0.05, 0) is 30.5 Å². The average Bonchev–Trinajstić information content (AvgIpc) is 2.33. The Morgan fingerprint density at radius 1 is 1.11 bits per heavy atom. The lowest BCUT2D eigenvalue weighted by Crippen LogP contribution is -2.02. The first-order chi connectivity index (χ1) is 8.72. The Morgan fingerprint density at radius 3 is 2.56 bits per heavy atom. The number of hydrogen-bond donors (Lipinski definition) is 0. The average molecular weight is 332 g/mol. The van der Waals surface area contributed by atoms with Gasteiger partial charge in [0.25, 0.3) is 0 Å². The molecule has 0 aliphatic rings. The van der Waals surface area contributed by atoms with Crippen LogP contribution in [-0.2, 0) is 6.42 Å². The quantitative estimate of drug-likeness (QED) is 0.363. The molecule has 0 saturated carbocycles. The van der Waals surface area contributed by atoms with Gasteiger partial charge >= 0.3 is 0 Å². The first-order valence-electron chi connectivity index (χ1n) is 7.11. The van der Waals surface area contributed by atoms with Crippen molar-refractivity contribution in [1.82, 2.24) is 0 Å². The van der Waals surface area contributed by atoms with Crippen LogP contribution in [0.3, 0.4) is 0 Å². The van der Waals surface area contributed by atoms with Crippen molar-refractivity contribution in [2.45, 2.75) is 63.1 Å². The molecule has 0 fully saturated rings. The summed E-state index contributed by atoms with van der Waals surface area (Å²) in [7, 11) is 0. The maximum absolute atomic E-state index is 5.99. The minimum atomic E-state index is 0.585. The number of halogens is 2. The zero-order chi connectivity index (χ0) is 13.2. The van der Waals surface area contributed by atoms with Crippen molar-refractivity contribution in [1.29, 1.82) is 0 Å². The van der Waals surface area contributed by atoms with Crippen LogP contribution in [0, 0.1) is 0 Å². The third-order valence-corrected chi connectivity index (χ3v) is 4.23. The van der Waals surface area contributed by atoms with E-state index in [1.807, 2.05) is 12.1 Å². The summed E-state index contributed by atoms with van der Waals surface area (Å²) in [6.07, 6.45) is 10.6. The minimum absolute atomic E-state index is 0.585. The summed E-state index contributed by atoms with van der Waals surface area (Å²) in [6, 6.07) is 8.18. The number of alkyl halides is 1. The van der Waals surface area contributed by atoms with Gasteiger partial charge in [0.2, 0.25) is 0 Å². The van der Waals surface area contributed by atoms with E-state index in [9.17, 15) is 0 Å². The molecule has 1 aromatic rings. The second-order valence-corrected chi connectivity index (χ2v) is 6.72. The first-order valence-corrected chi connectivity index (χ1v) is 8.40. The van der Waals surface area contributed by atoms with Gasteiger partial charge in [0.1, 0.15) is 0 Å². The van der Waals surface area contributed by atoms with Crippen molar-refractivity contribution in [3.8, 4) is 0 Å². The van der Waals surface area contributed by atoms with Crippen molar-refractivity contribution in [3.63, 3.8) is 0 Å². The number of rotatable bonds is 9. The van der Waals surface area contributed by atoms with Gasteiger partial charge in [-0.3, -0.25) is 0 Å². The molecule has 0 heterocycles. The second kappa shape index (κ2) is 9.86. The highest BCUT2D eigenvalue weighted by Gasteiger charge is 2.05. The minimum Gasteiger partial charge on any atom is -0.0887 e. The fraction of sp³-hybridized carbons (Fsp3) is 0.625. The molecule has 1 unspecified atom stereocenters. The summed E-state index contributed by atoms with van der Waals surface area (Å²) < 4.78 is 0. The maximum atomic E-state index is 5.99. The molecule has 0 aliphatic heterocycles.